The van der Waals surface area contributed by atoms with E-state index in [1.54, 1.807) is 36.4 Å². The maximum atomic E-state index is 13.2. The highest BCUT2D eigenvalue weighted by atomic mass is 32.3. The third kappa shape index (κ3) is 4.28. The fourth-order valence-corrected chi connectivity index (χ4v) is 7.47. The molecule has 0 aliphatic heterocycles. The highest BCUT2D eigenvalue weighted by Crippen LogP contribution is 2.28. The molecule has 0 heterocycles. The monoisotopic (exact) mass is 400 g/mol. The number of sulfone groups is 2. The van der Waals surface area contributed by atoms with Crippen LogP contribution in [0.3, 0.4) is 0 Å². The normalized spacial score (nSPS) is 12.2. The second-order valence-corrected chi connectivity index (χ2v) is 10.7. The first-order valence-corrected chi connectivity index (χ1v) is 11.6. The number of hydrogen-bond donors (Lipinski definition) is 0. The lowest BCUT2D eigenvalue weighted by atomic mass is 10.1. The topological polar surface area (TPSA) is 68.3 Å². The SMILES string of the molecule is O=S(=O)(c1ccccc1)C(CCc1ccccc1)S(=O)(=O)c1ccccc1. The Balaban J connectivity index is 2.04. The Bertz CT molecular complexity index is 1010. The van der Waals surface area contributed by atoms with E-state index in [1.165, 1.54) is 24.3 Å². The molecule has 0 amide bonds. The van der Waals surface area contributed by atoms with Gasteiger partial charge >= 0.3 is 0 Å². The molecule has 4 nitrogen and oxygen atoms in total. The van der Waals surface area contributed by atoms with Gasteiger partial charge in [0.25, 0.3) is 0 Å². The van der Waals surface area contributed by atoms with E-state index in [-0.39, 0.29) is 16.2 Å². The maximum absolute atomic E-state index is 13.2. The van der Waals surface area contributed by atoms with Crippen molar-refractivity contribution in [3.8, 4) is 0 Å². The van der Waals surface area contributed by atoms with Gasteiger partial charge in [-0.2, -0.15) is 0 Å². The summed E-state index contributed by atoms with van der Waals surface area (Å²) in [5.74, 6) is 0. The molecule has 3 aromatic carbocycles. The van der Waals surface area contributed by atoms with E-state index in [0.717, 1.165) is 5.56 Å². The molecule has 6 heteroatoms. The van der Waals surface area contributed by atoms with Gasteiger partial charge in [0, 0.05) is 0 Å². The van der Waals surface area contributed by atoms with E-state index in [4.69, 9.17) is 0 Å². The molecular formula is C21H20O4S2. The van der Waals surface area contributed by atoms with Crippen molar-refractivity contribution in [2.75, 3.05) is 0 Å². The molecule has 0 aromatic heterocycles. The van der Waals surface area contributed by atoms with Crippen LogP contribution in [-0.4, -0.2) is 21.4 Å². The van der Waals surface area contributed by atoms with Crippen molar-refractivity contribution in [2.45, 2.75) is 27.2 Å². The summed E-state index contributed by atoms with van der Waals surface area (Å²) in [4.78, 5) is 0.0325. The first-order chi connectivity index (χ1) is 12.9. The van der Waals surface area contributed by atoms with Crippen LogP contribution in [0.15, 0.2) is 101 Å². The molecule has 0 aliphatic carbocycles. The molecule has 0 unspecified atom stereocenters. The first-order valence-electron chi connectivity index (χ1n) is 8.54. The standard InChI is InChI=1S/C21H20O4S2/c22-26(23,19-12-6-2-7-13-19)21(17-16-18-10-4-1-5-11-18)27(24,25)20-14-8-3-9-15-20/h1-15,21H,16-17H2. The number of rotatable bonds is 7. The quantitative estimate of drug-likeness (QED) is 0.603. The molecule has 0 radical (unpaired) electrons. The van der Waals surface area contributed by atoms with E-state index >= 15 is 0 Å². The predicted octanol–water partition coefficient (Wildman–Crippen LogP) is 3.89. The summed E-state index contributed by atoms with van der Waals surface area (Å²) in [7, 11) is -8.13. The van der Waals surface area contributed by atoms with E-state index in [9.17, 15) is 16.8 Å². The smallest absolute Gasteiger partial charge is 0.195 e. The van der Waals surface area contributed by atoms with Gasteiger partial charge in [-0.15, -0.1) is 0 Å². The molecular weight excluding hydrogens is 380 g/mol. The van der Waals surface area contributed by atoms with Crippen LogP contribution in [0.2, 0.25) is 0 Å². The Morgan fingerprint density at radius 3 is 1.33 bits per heavy atom. The lowest BCUT2D eigenvalue weighted by molar-refractivity contribution is 0.568. The zero-order valence-electron chi connectivity index (χ0n) is 14.6. The van der Waals surface area contributed by atoms with Crippen LogP contribution < -0.4 is 0 Å². The Kier molecular flexibility index (Phi) is 5.77. The molecule has 0 saturated carbocycles. The zero-order valence-corrected chi connectivity index (χ0v) is 16.2. The van der Waals surface area contributed by atoms with E-state index in [1.807, 2.05) is 30.3 Å². The maximum Gasteiger partial charge on any atom is 0.195 e. The van der Waals surface area contributed by atoms with Gasteiger partial charge in [0.15, 0.2) is 24.3 Å². The van der Waals surface area contributed by atoms with Crippen molar-refractivity contribution in [3.63, 3.8) is 0 Å². The third-order valence-corrected chi connectivity index (χ3v) is 9.58. The molecule has 0 aliphatic rings. The molecule has 140 valence electrons. The van der Waals surface area contributed by atoms with Gasteiger partial charge in [-0.1, -0.05) is 66.7 Å². The van der Waals surface area contributed by atoms with Crippen LogP contribution in [0, 0.1) is 0 Å². The van der Waals surface area contributed by atoms with Crippen LogP contribution in [0.4, 0.5) is 0 Å². The minimum atomic E-state index is -4.07. The van der Waals surface area contributed by atoms with Gasteiger partial charge in [-0.25, -0.2) is 16.8 Å². The van der Waals surface area contributed by atoms with Gasteiger partial charge in [-0.3, -0.25) is 0 Å². The number of aryl methyl sites for hydroxylation is 1. The van der Waals surface area contributed by atoms with Crippen molar-refractivity contribution in [3.05, 3.63) is 96.6 Å². The summed E-state index contributed by atoms with van der Waals surface area (Å²) in [5.41, 5.74) is 0.897. The summed E-state index contributed by atoms with van der Waals surface area (Å²) in [6.45, 7) is 0. The molecule has 3 aromatic rings. The predicted molar refractivity (Wildman–Crippen MR) is 106 cm³/mol. The Morgan fingerprint density at radius 1 is 0.556 bits per heavy atom. The average molecular weight is 401 g/mol. The number of benzene rings is 3. The van der Waals surface area contributed by atoms with Crippen LogP contribution >= 0.6 is 0 Å². The van der Waals surface area contributed by atoms with Crippen molar-refractivity contribution in [1.29, 1.82) is 0 Å². The lowest BCUT2D eigenvalue weighted by Gasteiger charge is -2.19. The van der Waals surface area contributed by atoms with Gasteiger partial charge in [0.2, 0.25) is 0 Å². The molecule has 0 atom stereocenters. The van der Waals surface area contributed by atoms with Crippen molar-refractivity contribution in [2.24, 2.45) is 0 Å². The Labute approximate surface area is 160 Å². The fourth-order valence-electron chi connectivity index (χ4n) is 2.93. The van der Waals surface area contributed by atoms with Crippen LogP contribution in [0.5, 0.6) is 0 Å². The van der Waals surface area contributed by atoms with Gasteiger partial charge in [0.05, 0.1) is 9.79 Å². The largest absolute Gasteiger partial charge is 0.222 e. The van der Waals surface area contributed by atoms with Gasteiger partial charge < -0.3 is 0 Å². The third-order valence-electron chi connectivity index (χ3n) is 4.35. The molecule has 0 bridgehead atoms. The lowest BCUT2D eigenvalue weighted by Crippen LogP contribution is -2.31. The van der Waals surface area contributed by atoms with E-state index in [2.05, 4.69) is 0 Å². The van der Waals surface area contributed by atoms with Crippen LogP contribution in [0.1, 0.15) is 12.0 Å². The summed E-state index contributed by atoms with van der Waals surface area (Å²) < 4.78 is 51.2. The van der Waals surface area contributed by atoms with Gasteiger partial charge in [0.1, 0.15) is 0 Å². The average Bonchev–Trinajstić information content (AvgIpc) is 2.70. The molecule has 27 heavy (non-hydrogen) atoms. The minimum Gasteiger partial charge on any atom is -0.222 e. The highest BCUT2D eigenvalue weighted by molar-refractivity contribution is 8.09. The van der Waals surface area contributed by atoms with Crippen molar-refractivity contribution in [1.82, 2.24) is 0 Å². The van der Waals surface area contributed by atoms with Gasteiger partial charge in [-0.05, 0) is 42.7 Å². The minimum absolute atomic E-state index is 0.0154. The molecule has 3 rings (SSSR count). The molecule has 0 fully saturated rings. The van der Waals surface area contributed by atoms with Crippen LogP contribution in [-0.2, 0) is 26.1 Å². The molecule has 0 saturated heterocycles. The Morgan fingerprint density at radius 2 is 0.926 bits per heavy atom. The second kappa shape index (κ2) is 8.06. The summed E-state index contributed by atoms with van der Waals surface area (Å²) >= 11 is 0. The van der Waals surface area contributed by atoms with Crippen LogP contribution in [0.25, 0.3) is 0 Å². The Hall–Kier alpha value is -2.44. The molecule has 0 spiro atoms. The summed E-state index contributed by atoms with van der Waals surface area (Å²) in [6, 6.07) is 24.8. The summed E-state index contributed by atoms with van der Waals surface area (Å²) in [6.07, 6.45) is 0.335. The van der Waals surface area contributed by atoms with E-state index < -0.39 is 24.3 Å². The fraction of sp³-hybridized carbons (Fsp3) is 0.143. The van der Waals surface area contributed by atoms with Crippen molar-refractivity contribution < 1.29 is 16.8 Å². The summed E-state index contributed by atoms with van der Waals surface area (Å²) in [5, 5.41) is 0. The second-order valence-electron chi connectivity index (χ2n) is 6.17. The van der Waals surface area contributed by atoms with Crippen molar-refractivity contribution >= 4 is 19.7 Å². The number of hydrogen-bond acceptors (Lipinski definition) is 4. The van der Waals surface area contributed by atoms with E-state index in [0.29, 0.717) is 6.42 Å². The molecule has 0 N–H and O–H groups in total. The highest BCUT2D eigenvalue weighted by Gasteiger charge is 2.39. The first kappa shape index (κ1) is 19.3. The zero-order chi connectivity index (χ0) is 19.3.